The van der Waals surface area contributed by atoms with E-state index in [0.29, 0.717) is 6.61 Å². The van der Waals surface area contributed by atoms with E-state index in [1.807, 2.05) is 6.92 Å². The lowest BCUT2D eigenvalue weighted by Crippen LogP contribution is -2.20. The summed E-state index contributed by atoms with van der Waals surface area (Å²) < 4.78 is 38.5. The Morgan fingerprint density at radius 1 is 1.35 bits per heavy atom. The van der Waals surface area contributed by atoms with E-state index >= 15 is 0 Å². The fraction of sp³-hybridized carbons (Fsp3) is 0.455. The first-order valence-electron chi connectivity index (χ1n) is 5.23. The van der Waals surface area contributed by atoms with Gasteiger partial charge in [0.05, 0.1) is 18.1 Å². The van der Waals surface area contributed by atoms with Crippen LogP contribution in [0.3, 0.4) is 0 Å². The maximum absolute atomic E-state index is 11.8. The predicted octanol–water partition coefficient (Wildman–Crippen LogP) is 1.07. The maximum Gasteiger partial charge on any atom is 0.297 e. The average molecular weight is 258 g/mol. The molecule has 1 aliphatic rings. The fourth-order valence-corrected chi connectivity index (χ4v) is 2.34. The molecule has 1 saturated heterocycles. The Morgan fingerprint density at radius 3 is 2.65 bits per heavy atom. The summed E-state index contributed by atoms with van der Waals surface area (Å²) in [6, 6.07) is 6.50. The van der Waals surface area contributed by atoms with Crippen LogP contribution >= 0.6 is 0 Å². The minimum absolute atomic E-state index is 0.0176. The van der Waals surface area contributed by atoms with Crippen molar-refractivity contribution in [2.24, 2.45) is 0 Å². The highest BCUT2D eigenvalue weighted by Gasteiger charge is 2.21. The van der Waals surface area contributed by atoms with E-state index in [4.69, 9.17) is 13.7 Å². The van der Waals surface area contributed by atoms with Crippen molar-refractivity contribution in [3.63, 3.8) is 0 Å². The molecule has 5 nitrogen and oxygen atoms in total. The highest BCUT2D eigenvalue weighted by atomic mass is 32.2. The van der Waals surface area contributed by atoms with Crippen molar-refractivity contribution >= 4 is 10.1 Å². The minimum atomic E-state index is -3.70. The quantitative estimate of drug-likeness (QED) is 0.756. The number of ether oxygens (including phenoxy) is 2. The minimum Gasteiger partial charge on any atom is -0.353 e. The molecule has 0 aliphatic carbocycles. The van der Waals surface area contributed by atoms with Crippen LogP contribution in [0.2, 0.25) is 0 Å². The van der Waals surface area contributed by atoms with Gasteiger partial charge in [0.25, 0.3) is 10.1 Å². The molecule has 0 unspecified atom stereocenters. The van der Waals surface area contributed by atoms with Crippen LogP contribution in [0.25, 0.3) is 0 Å². The van der Waals surface area contributed by atoms with Gasteiger partial charge in [0.15, 0.2) is 0 Å². The van der Waals surface area contributed by atoms with Crippen molar-refractivity contribution in [2.45, 2.75) is 17.9 Å². The molecule has 0 amide bonds. The van der Waals surface area contributed by atoms with Crippen molar-refractivity contribution in [1.29, 1.82) is 0 Å². The van der Waals surface area contributed by atoms with E-state index in [9.17, 15) is 8.42 Å². The Kier molecular flexibility index (Phi) is 3.78. The molecule has 1 aromatic rings. The molecule has 1 aromatic carbocycles. The summed E-state index contributed by atoms with van der Waals surface area (Å²) in [7, 11) is -3.70. The van der Waals surface area contributed by atoms with E-state index < -0.39 is 10.1 Å². The van der Waals surface area contributed by atoms with Gasteiger partial charge in [0, 0.05) is 0 Å². The van der Waals surface area contributed by atoms with Crippen LogP contribution in [0.4, 0.5) is 0 Å². The molecule has 94 valence electrons. The molecule has 2 rings (SSSR count). The zero-order valence-corrected chi connectivity index (χ0v) is 10.3. The molecular formula is C11H14O5S. The molecule has 0 spiro atoms. The van der Waals surface area contributed by atoms with Gasteiger partial charge < -0.3 is 9.47 Å². The molecule has 0 saturated carbocycles. The van der Waals surface area contributed by atoms with Crippen molar-refractivity contribution in [3.8, 4) is 0 Å². The van der Waals surface area contributed by atoms with E-state index in [1.165, 1.54) is 12.1 Å². The van der Waals surface area contributed by atoms with Gasteiger partial charge in [-0.1, -0.05) is 17.7 Å². The molecular weight excluding hydrogens is 244 g/mol. The zero-order chi connectivity index (χ0) is 12.3. The number of hydrogen-bond acceptors (Lipinski definition) is 5. The molecule has 0 radical (unpaired) electrons. The summed E-state index contributed by atoms with van der Waals surface area (Å²) in [4.78, 5) is 0.155. The van der Waals surface area contributed by atoms with Crippen LogP contribution in [0, 0.1) is 6.92 Å². The first kappa shape index (κ1) is 12.5. The summed E-state index contributed by atoms with van der Waals surface area (Å²) in [6.07, 6.45) is -0.310. The Balaban J connectivity index is 2.00. The molecule has 0 aromatic heterocycles. The number of benzene rings is 1. The topological polar surface area (TPSA) is 61.8 Å². The summed E-state index contributed by atoms with van der Waals surface area (Å²) >= 11 is 0. The van der Waals surface area contributed by atoms with Crippen molar-refractivity contribution in [3.05, 3.63) is 29.8 Å². The lowest BCUT2D eigenvalue weighted by atomic mass is 10.2. The second-order valence-electron chi connectivity index (χ2n) is 3.83. The fourth-order valence-electron chi connectivity index (χ4n) is 1.41. The van der Waals surface area contributed by atoms with E-state index in [2.05, 4.69) is 0 Å². The van der Waals surface area contributed by atoms with Crippen LogP contribution in [0.15, 0.2) is 29.2 Å². The van der Waals surface area contributed by atoms with Gasteiger partial charge in [-0.15, -0.1) is 0 Å². The number of aryl methyl sites for hydroxylation is 1. The zero-order valence-electron chi connectivity index (χ0n) is 9.46. The molecule has 1 aliphatic heterocycles. The Morgan fingerprint density at radius 2 is 2.06 bits per heavy atom. The Labute approximate surface area is 100 Å². The summed E-state index contributed by atoms with van der Waals surface area (Å²) in [6.45, 7) is 2.43. The summed E-state index contributed by atoms with van der Waals surface area (Å²) in [5, 5.41) is 0. The normalized spacial score (nSPS) is 20.6. The molecule has 17 heavy (non-hydrogen) atoms. The molecule has 1 fully saturated rings. The SMILES string of the molecule is Cc1ccc(S(=O)(=O)OC[C@H]2COCO2)cc1. The smallest absolute Gasteiger partial charge is 0.297 e. The third-order valence-electron chi connectivity index (χ3n) is 2.41. The molecule has 1 atom stereocenters. The van der Waals surface area contributed by atoms with E-state index in [1.54, 1.807) is 12.1 Å². The van der Waals surface area contributed by atoms with Gasteiger partial charge >= 0.3 is 0 Å². The molecule has 1 heterocycles. The van der Waals surface area contributed by atoms with Gasteiger partial charge in [-0.3, -0.25) is 4.18 Å². The van der Waals surface area contributed by atoms with Gasteiger partial charge in [0.1, 0.15) is 12.9 Å². The highest BCUT2D eigenvalue weighted by molar-refractivity contribution is 7.86. The second-order valence-corrected chi connectivity index (χ2v) is 5.44. The van der Waals surface area contributed by atoms with Crippen LogP contribution < -0.4 is 0 Å². The van der Waals surface area contributed by atoms with Crippen LogP contribution in [0.1, 0.15) is 5.56 Å². The van der Waals surface area contributed by atoms with E-state index in [0.717, 1.165) is 5.56 Å². The van der Waals surface area contributed by atoms with E-state index in [-0.39, 0.29) is 24.4 Å². The Hall–Kier alpha value is -0.950. The Bertz CT molecular complexity index is 459. The third-order valence-corrected chi connectivity index (χ3v) is 3.71. The highest BCUT2D eigenvalue weighted by Crippen LogP contribution is 2.14. The molecule has 6 heteroatoms. The number of rotatable bonds is 4. The summed E-state index contributed by atoms with van der Waals surface area (Å²) in [5.41, 5.74) is 0.997. The van der Waals surface area contributed by atoms with Crippen molar-refractivity contribution in [2.75, 3.05) is 20.0 Å². The first-order valence-corrected chi connectivity index (χ1v) is 6.64. The number of hydrogen-bond donors (Lipinski definition) is 0. The third kappa shape index (κ3) is 3.26. The van der Waals surface area contributed by atoms with Crippen LogP contribution in [-0.4, -0.2) is 34.5 Å². The maximum atomic E-state index is 11.8. The van der Waals surface area contributed by atoms with Gasteiger partial charge in [-0.05, 0) is 19.1 Å². The summed E-state index contributed by atoms with van der Waals surface area (Å²) in [5.74, 6) is 0. The van der Waals surface area contributed by atoms with Crippen LogP contribution in [-0.2, 0) is 23.8 Å². The standard InChI is InChI=1S/C11H14O5S/c1-9-2-4-11(5-3-9)17(12,13)16-7-10-6-14-8-15-10/h2-5,10H,6-8H2,1H3/t10-/m1/s1. The monoisotopic (exact) mass is 258 g/mol. The molecule has 0 bridgehead atoms. The van der Waals surface area contributed by atoms with Gasteiger partial charge in [-0.25, -0.2) is 0 Å². The van der Waals surface area contributed by atoms with Crippen molar-refractivity contribution in [1.82, 2.24) is 0 Å². The lowest BCUT2D eigenvalue weighted by molar-refractivity contribution is 0.0329. The second kappa shape index (κ2) is 5.14. The van der Waals surface area contributed by atoms with Gasteiger partial charge in [0.2, 0.25) is 0 Å². The first-order chi connectivity index (χ1) is 8.08. The van der Waals surface area contributed by atoms with Crippen LogP contribution in [0.5, 0.6) is 0 Å². The molecule has 0 N–H and O–H groups in total. The predicted molar refractivity (Wildman–Crippen MR) is 60.0 cm³/mol. The van der Waals surface area contributed by atoms with Crippen molar-refractivity contribution < 1.29 is 22.1 Å². The van der Waals surface area contributed by atoms with Gasteiger partial charge in [-0.2, -0.15) is 8.42 Å². The lowest BCUT2D eigenvalue weighted by Gasteiger charge is -2.09. The largest absolute Gasteiger partial charge is 0.353 e. The average Bonchev–Trinajstić information content (AvgIpc) is 2.80.